The zero-order chi connectivity index (χ0) is 39.7. The average molecular weight is 767 g/mol. The Labute approximate surface area is 325 Å². The Kier molecular flexibility index (Phi) is 11.1. The van der Waals surface area contributed by atoms with E-state index in [-0.39, 0.29) is 41.8 Å². The molecule has 0 aliphatic carbocycles. The molecule has 16 heteroatoms. The van der Waals surface area contributed by atoms with Gasteiger partial charge < -0.3 is 40.2 Å². The molecule has 0 bridgehead atoms. The number of amidine groups is 1. The third-order valence-corrected chi connectivity index (χ3v) is 11.0. The summed E-state index contributed by atoms with van der Waals surface area (Å²) in [6.45, 7) is 9.29. The summed E-state index contributed by atoms with van der Waals surface area (Å²) in [4.78, 5) is 77.6. The molecule has 5 heterocycles. The number of carbonyl (C=O) groups excluding carboxylic acids is 4. The number of aliphatic imine (C=N–C) groups is 1. The molecule has 5 unspecified atom stereocenters. The van der Waals surface area contributed by atoms with E-state index in [0.717, 1.165) is 70.4 Å². The SMILES string of the molecule is COC(=O)NC(C(=O)N1CCCC1C1=NCC(c2ccc3nc4cc(-c5cnc(C6CCCN6C(=O)C(NC(=O)OC)C(C)C)[nH]5)ccc4nc3c2)N1)C(C)C. The van der Waals surface area contributed by atoms with Crippen molar-refractivity contribution in [2.24, 2.45) is 16.8 Å². The first kappa shape index (κ1) is 38.5. The van der Waals surface area contributed by atoms with Crippen molar-refractivity contribution in [1.82, 2.24) is 45.7 Å². The second-order valence-corrected chi connectivity index (χ2v) is 15.4. The van der Waals surface area contributed by atoms with Gasteiger partial charge in [0.05, 0.1) is 72.8 Å². The predicted molar refractivity (Wildman–Crippen MR) is 210 cm³/mol. The first-order valence-corrected chi connectivity index (χ1v) is 19.3. The Bertz CT molecular complexity index is 2170. The molecule has 16 nitrogen and oxygen atoms in total. The van der Waals surface area contributed by atoms with Crippen LogP contribution in [0, 0.1) is 11.8 Å². The number of H-pyrrole nitrogens is 1. The van der Waals surface area contributed by atoms with Crippen molar-refractivity contribution in [3.63, 3.8) is 0 Å². The molecule has 2 fully saturated rings. The molecule has 0 spiro atoms. The fourth-order valence-corrected chi connectivity index (χ4v) is 7.96. The number of rotatable bonds is 10. The van der Waals surface area contributed by atoms with Crippen LogP contribution < -0.4 is 16.0 Å². The van der Waals surface area contributed by atoms with Crippen molar-refractivity contribution in [3.8, 4) is 11.3 Å². The molecule has 2 aromatic heterocycles. The highest BCUT2D eigenvalue weighted by Crippen LogP contribution is 2.34. The number of hydrogen-bond acceptors (Lipinski definition) is 11. The molecule has 2 aromatic carbocycles. The van der Waals surface area contributed by atoms with Gasteiger partial charge in [0.25, 0.3) is 0 Å². The summed E-state index contributed by atoms with van der Waals surface area (Å²) in [7, 11) is 2.57. The number of likely N-dealkylation sites (tertiary alicyclic amines) is 2. The minimum Gasteiger partial charge on any atom is -0.453 e. The lowest BCUT2D eigenvalue weighted by molar-refractivity contribution is -0.135. The van der Waals surface area contributed by atoms with Crippen LogP contribution in [0.1, 0.15) is 76.8 Å². The number of carbonyl (C=O) groups is 4. The van der Waals surface area contributed by atoms with Crippen molar-refractivity contribution < 1.29 is 28.7 Å². The molecule has 0 radical (unpaired) electrons. The van der Waals surface area contributed by atoms with E-state index < -0.39 is 24.3 Å². The topological polar surface area (TPSA) is 196 Å². The molecule has 4 aromatic rings. The van der Waals surface area contributed by atoms with Gasteiger partial charge in [-0.05, 0) is 67.3 Å². The first-order valence-electron chi connectivity index (χ1n) is 19.3. The van der Waals surface area contributed by atoms with Gasteiger partial charge in [0.15, 0.2) is 0 Å². The maximum absolute atomic E-state index is 13.6. The fourth-order valence-electron chi connectivity index (χ4n) is 7.96. The molecule has 4 amide bonds. The van der Waals surface area contributed by atoms with Gasteiger partial charge in [0.2, 0.25) is 11.8 Å². The van der Waals surface area contributed by atoms with Crippen LogP contribution in [0.15, 0.2) is 47.6 Å². The van der Waals surface area contributed by atoms with Gasteiger partial charge >= 0.3 is 12.2 Å². The largest absolute Gasteiger partial charge is 0.453 e. The summed E-state index contributed by atoms with van der Waals surface area (Å²) in [6, 6.07) is 10.1. The molecule has 0 saturated carbocycles. The van der Waals surface area contributed by atoms with Crippen molar-refractivity contribution in [1.29, 1.82) is 0 Å². The van der Waals surface area contributed by atoms with Crippen molar-refractivity contribution in [3.05, 3.63) is 54.0 Å². The van der Waals surface area contributed by atoms with Crippen molar-refractivity contribution >= 4 is 51.9 Å². The molecule has 3 aliphatic rings. The normalized spacial score (nSPS) is 20.6. The molecular weight excluding hydrogens is 717 g/mol. The van der Waals surface area contributed by atoms with E-state index in [0.29, 0.717) is 25.5 Å². The minimum atomic E-state index is -0.704. The molecular formula is C40H50N10O6. The maximum atomic E-state index is 13.6. The number of imidazole rings is 1. The summed E-state index contributed by atoms with van der Waals surface area (Å²) in [5.41, 5.74) is 5.73. The van der Waals surface area contributed by atoms with Crippen LogP contribution in [0.2, 0.25) is 0 Å². The summed E-state index contributed by atoms with van der Waals surface area (Å²) < 4.78 is 9.53. The molecule has 3 aliphatic heterocycles. The van der Waals surface area contributed by atoms with Crippen molar-refractivity contribution in [2.45, 2.75) is 83.6 Å². The fraction of sp³-hybridized carbons (Fsp3) is 0.500. The second kappa shape index (κ2) is 16.1. The number of alkyl carbamates (subject to hydrolysis) is 2. The van der Waals surface area contributed by atoms with E-state index in [1.54, 1.807) is 11.1 Å². The highest BCUT2D eigenvalue weighted by molar-refractivity contribution is 5.96. The number of nitrogens with one attached hydrogen (secondary N) is 4. The Morgan fingerprint density at radius 2 is 1.34 bits per heavy atom. The maximum Gasteiger partial charge on any atom is 0.407 e. The molecule has 5 atom stereocenters. The Balaban J connectivity index is 1.04. The molecule has 2 saturated heterocycles. The number of ether oxygens (including phenoxy) is 2. The lowest BCUT2D eigenvalue weighted by Gasteiger charge is -2.31. The second-order valence-electron chi connectivity index (χ2n) is 15.4. The van der Waals surface area contributed by atoms with Crippen LogP contribution in [-0.2, 0) is 19.1 Å². The number of benzene rings is 2. The number of aromatic amines is 1. The van der Waals surface area contributed by atoms with E-state index in [2.05, 4.69) is 25.9 Å². The Morgan fingerprint density at radius 3 is 1.95 bits per heavy atom. The monoisotopic (exact) mass is 766 g/mol. The van der Waals surface area contributed by atoms with Gasteiger partial charge in [-0.2, -0.15) is 0 Å². The van der Waals surface area contributed by atoms with Crippen LogP contribution in [0.4, 0.5) is 9.59 Å². The first-order chi connectivity index (χ1) is 26.9. The zero-order valence-corrected chi connectivity index (χ0v) is 32.7. The number of nitrogens with zero attached hydrogens (tertiary/aromatic N) is 6. The highest BCUT2D eigenvalue weighted by atomic mass is 16.5. The van der Waals surface area contributed by atoms with Gasteiger partial charge in [-0.25, -0.2) is 24.5 Å². The summed E-state index contributed by atoms with van der Waals surface area (Å²) >= 11 is 0. The predicted octanol–water partition coefficient (Wildman–Crippen LogP) is 4.63. The van der Waals surface area contributed by atoms with E-state index in [1.165, 1.54) is 14.2 Å². The number of fused-ring (bicyclic) bond motifs is 2. The lowest BCUT2D eigenvalue weighted by atomic mass is 10.0. The van der Waals surface area contributed by atoms with Gasteiger partial charge in [-0.1, -0.05) is 39.8 Å². The molecule has 296 valence electrons. The van der Waals surface area contributed by atoms with E-state index in [9.17, 15) is 19.2 Å². The van der Waals surface area contributed by atoms with Crippen LogP contribution >= 0.6 is 0 Å². The molecule has 7 rings (SSSR count). The average Bonchev–Trinajstić information content (AvgIpc) is 4.03. The number of methoxy groups -OCH3 is 2. The summed E-state index contributed by atoms with van der Waals surface area (Å²) in [5.74, 6) is 0.956. The Morgan fingerprint density at radius 1 is 0.768 bits per heavy atom. The van der Waals surface area contributed by atoms with Crippen LogP contribution in [0.5, 0.6) is 0 Å². The standard InChI is InChI=1S/C40H50N10O6/c1-21(2)33(47-39(53)55-5)37(51)49-15-7-9-31(49)35-41-19-29(45-35)23-11-13-25-27(17-23)43-26-14-12-24(18-28(26)44-25)30-20-42-36(46-30)32-10-8-16-50(32)38(52)34(22(3)4)48-40(54)56-6/h11-14,17-19,21-22,30-34H,7-10,15-16,20H2,1-6H3,(H,41,45)(H,42,46)(H,47,53)(H,48,54). The number of amides is 4. The molecule has 4 N–H and O–H groups in total. The van der Waals surface area contributed by atoms with Crippen molar-refractivity contribution in [2.75, 3.05) is 33.9 Å². The zero-order valence-electron chi connectivity index (χ0n) is 32.7. The van der Waals surface area contributed by atoms with E-state index in [1.807, 2.05) is 69.0 Å². The summed E-state index contributed by atoms with van der Waals surface area (Å²) in [6.07, 6.45) is 3.75. The van der Waals surface area contributed by atoms with Crippen LogP contribution in [0.25, 0.3) is 33.3 Å². The van der Waals surface area contributed by atoms with Crippen LogP contribution in [-0.4, -0.2) is 112 Å². The number of hydrogen-bond donors (Lipinski definition) is 4. The highest BCUT2D eigenvalue weighted by Gasteiger charge is 2.40. The van der Waals surface area contributed by atoms with Gasteiger partial charge in [0, 0.05) is 18.7 Å². The lowest BCUT2D eigenvalue weighted by Crippen LogP contribution is -2.54. The van der Waals surface area contributed by atoms with Gasteiger partial charge in [-0.3, -0.25) is 14.6 Å². The van der Waals surface area contributed by atoms with E-state index >= 15 is 0 Å². The third-order valence-electron chi connectivity index (χ3n) is 11.0. The quantitative estimate of drug-likeness (QED) is 0.165. The Hall–Kier alpha value is -5.80. The van der Waals surface area contributed by atoms with Crippen LogP contribution in [0.3, 0.4) is 0 Å². The van der Waals surface area contributed by atoms with Gasteiger partial charge in [0.1, 0.15) is 23.7 Å². The smallest absolute Gasteiger partial charge is 0.407 e. The summed E-state index contributed by atoms with van der Waals surface area (Å²) in [5, 5.41) is 8.97. The number of aromatic nitrogens is 4. The third kappa shape index (κ3) is 7.69. The minimum absolute atomic E-state index is 0.0815. The van der Waals surface area contributed by atoms with E-state index in [4.69, 9.17) is 24.4 Å². The molecule has 56 heavy (non-hydrogen) atoms. The van der Waals surface area contributed by atoms with Gasteiger partial charge in [-0.15, -0.1) is 0 Å².